The van der Waals surface area contributed by atoms with Gasteiger partial charge in [-0.05, 0) is 26.0 Å². The molecule has 0 aromatic heterocycles. The number of carbonyl (C=O) groups excluding carboxylic acids is 1. The largest absolute Gasteiger partial charge is 0.415 e. The zero-order chi connectivity index (χ0) is 14.4. The Labute approximate surface area is 111 Å². The third-order valence-electron chi connectivity index (χ3n) is 2.63. The number of hydrogen-bond acceptors (Lipinski definition) is 4. The normalized spacial score (nSPS) is 9.79. The van der Waals surface area contributed by atoms with Gasteiger partial charge in [-0.15, -0.1) is 0 Å². The lowest BCUT2D eigenvalue weighted by molar-refractivity contribution is -0.384. The molecule has 6 heteroatoms. The Hall–Kier alpha value is -2.37. The van der Waals surface area contributed by atoms with Gasteiger partial charge in [0.2, 0.25) is 0 Å². The Bertz CT molecular complexity index is 478. The molecule has 0 fully saturated rings. The monoisotopic (exact) mass is 264 g/mol. The minimum Gasteiger partial charge on any atom is -0.410 e. The molecule has 19 heavy (non-hydrogen) atoms. The molecule has 0 heterocycles. The van der Waals surface area contributed by atoms with Crippen molar-refractivity contribution in [3.63, 3.8) is 0 Å². The molecule has 102 valence electrons. The number of carbonyl (C=O) groups is 1. The summed E-state index contributed by atoms with van der Waals surface area (Å²) in [6.07, 6.45) is -0.478. The fourth-order valence-electron chi connectivity index (χ4n) is 1.48. The van der Waals surface area contributed by atoms with Crippen molar-refractivity contribution in [3.8, 4) is 0 Å². The quantitative estimate of drug-likeness (QED) is 0.465. The molecule has 1 amide bonds. The zero-order valence-corrected chi connectivity index (χ0v) is 11.0. The summed E-state index contributed by atoms with van der Waals surface area (Å²) in [6.45, 7) is 8.43. The second-order valence-electron chi connectivity index (χ2n) is 3.77. The van der Waals surface area contributed by atoms with E-state index >= 15 is 0 Å². The van der Waals surface area contributed by atoms with E-state index in [-0.39, 0.29) is 11.4 Å². The molecule has 0 bridgehead atoms. The number of non-ortho nitro benzene ring substituents is 1. The molecule has 0 unspecified atom stereocenters. The van der Waals surface area contributed by atoms with Crippen molar-refractivity contribution in [1.29, 1.82) is 0 Å². The molecular weight excluding hydrogens is 248 g/mol. The van der Waals surface area contributed by atoms with E-state index < -0.39 is 11.0 Å². The Morgan fingerprint density at radius 1 is 1.32 bits per heavy atom. The van der Waals surface area contributed by atoms with Gasteiger partial charge < -0.3 is 9.64 Å². The van der Waals surface area contributed by atoms with Crippen LogP contribution in [0.25, 0.3) is 5.76 Å². The maximum absolute atomic E-state index is 11.7. The van der Waals surface area contributed by atoms with Crippen molar-refractivity contribution in [2.45, 2.75) is 13.8 Å². The molecule has 0 saturated carbocycles. The van der Waals surface area contributed by atoms with Crippen LogP contribution in [0.1, 0.15) is 19.4 Å². The van der Waals surface area contributed by atoms with E-state index in [1.165, 1.54) is 29.2 Å². The van der Waals surface area contributed by atoms with Crippen LogP contribution >= 0.6 is 0 Å². The number of amides is 1. The Balaban J connectivity index is 2.73. The number of rotatable bonds is 5. The number of ether oxygens (including phenoxy) is 1. The van der Waals surface area contributed by atoms with Gasteiger partial charge in [0.05, 0.1) is 4.92 Å². The van der Waals surface area contributed by atoms with E-state index in [2.05, 4.69) is 6.58 Å². The highest BCUT2D eigenvalue weighted by molar-refractivity contribution is 5.76. The van der Waals surface area contributed by atoms with Gasteiger partial charge in [-0.2, -0.15) is 0 Å². The standard InChI is InChI=1S/C13H16N2O4/c1-4-14(5-2)13(16)19-10(3)11-6-8-12(9-7-11)15(17)18/h6-9H,3-5H2,1-2H3. The molecule has 0 N–H and O–H groups in total. The summed E-state index contributed by atoms with van der Waals surface area (Å²) in [5.74, 6) is 0.173. The Morgan fingerprint density at radius 2 is 1.84 bits per heavy atom. The van der Waals surface area contributed by atoms with Gasteiger partial charge in [-0.25, -0.2) is 4.79 Å². The smallest absolute Gasteiger partial charge is 0.410 e. The SMILES string of the molecule is C=C(OC(=O)N(CC)CC)c1ccc([N+](=O)[O-])cc1. The summed E-state index contributed by atoms with van der Waals surface area (Å²) in [5, 5.41) is 10.5. The van der Waals surface area contributed by atoms with Crippen molar-refractivity contribution < 1.29 is 14.5 Å². The van der Waals surface area contributed by atoms with E-state index in [0.29, 0.717) is 18.7 Å². The molecule has 0 spiro atoms. The lowest BCUT2D eigenvalue weighted by Crippen LogP contribution is -2.30. The van der Waals surface area contributed by atoms with Crippen LogP contribution < -0.4 is 0 Å². The van der Waals surface area contributed by atoms with Gasteiger partial charge in [0.25, 0.3) is 5.69 Å². The van der Waals surface area contributed by atoms with Crippen molar-refractivity contribution in [1.82, 2.24) is 4.90 Å². The fourth-order valence-corrected chi connectivity index (χ4v) is 1.48. The highest BCUT2D eigenvalue weighted by atomic mass is 16.6. The first-order chi connectivity index (χ1) is 8.99. The molecule has 1 rings (SSSR count). The molecule has 1 aromatic carbocycles. The van der Waals surface area contributed by atoms with E-state index in [1.807, 2.05) is 13.8 Å². The van der Waals surface area contributed by atoms with Crippen LogP contribution in [0.3, 0.4) is 0 Å². The predicted octanol–water partition coefficient (Wildman–Crippen LogP) is 3.04. The van der Waals surface area contributed by atoms with Crippen LogP contribution in [0, 0.1) is 10.1 Å². The first kappa shape index (κ1) is 14.7. The minimum atomic E-state index is -0.492. The number of nitrogens with zero attached hydrogens (tertiary/aromatic N) is 2. The molecule has 0 atom stereocenters. The third-order valence-corrected chi connectivity index (χ3v) is 2.63. The van der Waals surface area contributed by atoms with Crippen LogP contribution in [-0.4, -0.2) is 29.0 Å². The van der Waals surface area contributed by atoms with Crippen molar-refractivity contribution >= 4 is 17.5 Å². The zero-order valence-electron chi connectivity index (χ0n) is 11.0. The number of nitro groups is 1. The summed E-state index contributed by atoms with van der Waals surface area (Å²) in [7, 11) is 0. The minimum absolute atomic E-state index is 0.0216. The number of nitro benzene ring substituents is 1. The van der Waals surface area contributed by atoms with E-state index in [1.54, 1.807) is 0 Å². The van der Waals surface area contributed by atoms with Gasteiger partial charge in [0.15, 0.2) is 0 Å². The number of benzene rings is 1. The first-order valence-electron chi connectivity index (χ1n) is 5.90. The third kappa shape index (κ3) is 3.80. The second kappa shape index (κ2) is 6.53. The highest BCUT2D eigenvalue weighted by Crippen LogP contribution is 2.19. The van der Waals surface area contributed by atoms with Crippen LogP contribution in [0.15, 0.2) is 30.8 Å². The second-order valence-corrected chi connectivity index (χ2v) is 3.77. The van der Waals surface area contributed by atoms with Gasteiger partial charge in [0, 0.05) is 30.8 Å². The van der Waals surface area contributed by atoms with E-state index in [4.69, 9.17) is 4.74 Å². The molecule has 6 nitrogen and oxygen atoms in total. The van der Waals surface area contributed by atoms with Crippen molar-refractivity contribution in [2.75, 3.05) is 13.1 Å². The average molecular weight is 264 g/mol. The van der Waals surface area contributed by atoms with Gasteiger partial charge >= 0.3 is 6.09 Å². The summed E-state index contributed by atoms with van der Waals surface area (Å²) >= 11 is 0. The number of hydrogen-bond donors (Lipinski definition) is 0. The summed E-state index contributed by atoms with van der Waals surface area (Å²) in [4.78, 5) is 23.2. The Morgan fingerprint density at radius 3 is 2.26 bits per heavy atom. The predicted molar refractivity (Wildman–Crippen MR) is 71.5 cm³/mol. The molecule has 0 saturated heterocycles. The molecule has 0 radical (unpaired) electrons. The average Bonchev–Trinajstić information content (AvgIpc) is 2.40. The van der Waals surface area contributed by atoms with E-state index in [9.17, 15) is 14.9 Å². The maximum Gasteiger partial charge on any atom is 0.415 e. The van der Waals surface area contributed by atoms with Crippen LogP contribution in [-0.2, 0) is 4.74 Å². The van der Waals surface area contributed by atoms with Gasteiger partial charge in [-0.3, -0.25) is 10.1 Å². The fraction of sp³-hybridized carbons (Fsp3) is 0.308. The summed E-state index contributed by atoms with van der Waals surface area (Å²) < 4.78 is 5.10. The van der Waals surface area contributed by atoms with Crippen LogP contribution in [0.5, 0.6) is 0 Å². The van der Waals surface area contributed by atoms with Crippen LogP contribution in [0.2, 0.25) is 0 Å². The lowest BCUT2D eigenvalue weighted by Gasteiger charge is -2.18. The molecule has 0 aliphatic rings. The Kier molecular flexibility index (Phi) is 5.05. The topological polar surface area (TPSA) is 72.7 Å². The molecule has 0 aliphatic heterocycles. The highest BCUT2D eigenvalue weighted by Gasteiger charge is 2.14. The van der Waals surface area contributed by atoms with Gasteiger partial charge in [0.1, 0.15) is 5.76 Å². The lowest BCUT2D eigenvalue weighted by atomic mass is 10.2. The molecule has 1 aromatic rings. The maximum atomic E-state index is 11.7. The van der Waals surface area contributed by atoms with Crippen molar-refractivity contribution in [2.24, 2.45) is 0 Å². The van der Waals surface area contributed by atoms with Crippen LogP contribution in [0.4, 0.5) is 10.5 Å². The van der Waals surface area contributed by atoms with Gasteiger partial charge in [-0.1, -0.05) is 6.58 Å². The molecule has 0 aliphatic carbocycles. The van der Waals surface area contributed by atoms with Crippen molar-refractivity contribution in [3.05, 3.63) is 46.5 Å². The first-order valence-corrected chi connectivity index (χ1v) is 5.90. The van der Waals surface area contributed by atoms with E-state index in [0.717, 1.165) is 0 Å². The summed E-state index contributed by atoms with van der Waals surface area (Å²) in [5.41, 5.74) is 0.512. The summed E-state index contributed by atoms with van der Waals surface area (Å²) in [6, 6.07) is 5.67. The molecular formula is C13H16N2O4.